The van der Waals surface area contributed by atoms with E-state index in [-0.39, 0.29) is 11.7 Å². The Hall–Kier alpha value is -1.97. The van der Waals surface area contributed by atoms with E-state index >= 15 is 0 Å². The Morgan fingerprint density at radius 1 is 1.41 bits per heavy atom. The van der Waals surface area contributed by atoms with Crippen molar-refractivity contribution in [2.75, 3.05) is 0 Å². The van der Waals surface area contributed by atoms with Crippen molar-refractivity contribution in [3.05, 3.63) is 41.9 Å². The highest BCUT2D eigenvalue weighted by atomic mass is 19.1. The van der Waals surface area contributed by atoms with E-state index < -0.39 is 0 Å². The van der Waals surface area contributed by atoms with Gasteiger partial charge in [0.2, 0.25) is 0 Å². The van der Waals surface area contributed by atoms with Gasteiger partial charge in [-0.3, -0.25) is 0 Å². The van der Waals surface area contributed by atoms with Gasteiger partial charge in [0.25, 0.3) is 0 Å². The topological polar surface area (TPSA) is 43.1 Å². The van der Waals surface area contributed by atoms with Gasteiger partial charge in [-0.15, -0.1) is 0 Å². The van der Waals surface area contributed by atoms with Gasteiger partial charge in [0.1, 0.15) is 23.6 Å². The van der Waals surface area contributed by atoms with Crippen LogP contribution in [0.5, 0.6) is 0 Å². The molecule has 1 aromatic heterocycles. The summed E-state index contributed by atoms with van der Waals surface area (Å²) in [7, 11) is 0. The highest BCUT2D eigenvalue weighted by Crippen LogP contribution is 2.24. The Morgan fingerprint density at radius 2 is 2.12 bits per heavy atom. The van der Waals surface area contributed by atoms with E-state index in [0.29, 0.717) is 17.9 Å². The van der Waals surface area contributed by atoms with Gasteiger partial charge < -0.3 is 9.32 Å². The van der Waals surface area contributed by atoms with Crippen molar-refractivity contribution in [1.29, 1.82) is 0 Å². The molecule has 2 aromatic rings. The predicted octanol–water partition coefficient (Wildman–Crippen LogP) is 3.17. The lowest BCUT2D eigenvalue weighted by Gasteiger charge is -1.99. The quantitative estimate of drug-likeness (QED) is 0.762. The van der Waals surface area contributed by atoms with Crippen LogP contribution >= 0.6 is 0 Å². The SMILES string of the molecule is CC(CC=O)c1cc(-c2ccc(F)cc2)no1. The molecule has 0 aliphatic rings. The zero-order valence-corrected chi connectivity index (χ0v) is 9.39. The zero-order valence-electron chi connectivity index (χ0n) is 9.39. The van der Waals surface area contributed by atoms with E-state index in [0.717, 1.165) is 11.8 Å². The first-order valence-corrected chi connectivity index (χ1v) is 5.37. The molecule has 2 rings (SSSR count). The molecule has 0 N–H and O–H groups in total. The van der Waals surface area contributed by atoms with Crippen molar-refractivity contribution in [2.24, 2.45) is 0 Å². The number of hydrogen-bond donors (Lipinski definition) is 0. The van der Waals surface area contributed by atoms with Gasteiger partial charge in [-0.1, -0.05) is 12.1 Å². The summed E-state index contributed by atoms with van der Waals surface area (Å²) in [6, 6.07) is 7.81. The van der Waals surface area contributed by atoms with Gasteiger partial charge in [-0.2, -0.15) is 0 Å². The van der Waals surface area contributed by atoms with Crippen molar-refractivity contribution < 1.29 is 13.7 Å². The maximum Gasteiger partial charge on any atom is 0.140 e. The minimum Gasteiger partial charge on any atom is -0.360 e. The fraction of sp³-hybridized carbons (Fsp3) is 0.231. The maximum absolute atomic E-state index is 12.8. The molecule has 1 heterocycles. The molecule has 0 spiro atoms. The number of halogens is 1. The molecule has 3 nitrogen and oxygen atoms in total. The number of nitrogens with zero attached hydrogens (tertiary/aromatic N) is 1. The molecule has 0 aliphatic heterocycles. The summed E-state index contributed by atoms with van der Waals surface area (Å²) in [5, 5.41) is 3.91. The lowest BCUT2D eigenvalue weighted by atomic mass is 10.0. The molecule has 0 aliphatic carbocycles. The molecule has 0 fully saturated rings. The van der Waals surface area contributed by atoms with Crippen molar-refractivity contribution in [3.63, 3.8) is 0 Å². The Kier molecular flexibility index (Phi) is 3.32. The van der Waals surface area contributed by atoms with Crippen LogP contribution in [0.25, 0.3) is 11.3 Å². The van der Waals surface area contributed by atoms with Gasteiger partial charge in [-0.05, 0) is 24.3 Å². The largest absolute Gasteiger partial charge is 0.360 e. The monoisotopic (exact) mass is 233 g/mol. The summed E-state index contributed by atoms with van der Waals surface area (Å²) in [6.45, 7) is 1.89. The van der Waals surface area contributed by atoms with E-state index in [1.54, 1.807) is 18.2 Å². The molecule has 4 heteroatoms. The van der Waals surface area contributed by atoms with Gasteiger partial charge >= 0.3 is 0 Å². The zero-order chi connectivity index (χ0) is 12.3. The van der Waals surface area contributed by atoms with Crippen molar-refractivity contribution >= 4 is 6.29 Å². The van der Waals surface area contributed by atoms with Crippen molar-refractivity contribution in [3.8, 4) is 11.3 Å². The van der Waals surface area contributed by atoms with Gasteiger partial charge in [0.05, 0.1) is 0 Å². The number of rotatable bonds is 4. The first kappa shape index (κ1) is 11.5. The third kappa shape index (κ3) is 2.58. The summed E-state index contributed by atoms with van der Waals surface area (Å²) in [5.74, 6) is 0.386. The minimum atomic E-state index is -0.285. The Balaban J connectivity index is 2.23. The Morgan fingerprint density at radius 3 is 2.76 bits per heavy atom. The molecule has 1 aromatic carbocycles. The molecule has 0 amide bonds. The molecular weight excluding hydrogens is 221 g/mol. The van der Waals surface area contributed by atoms with Gasteiger partial charge in [-0.25, -0.2) is 4.39 Å². The van der Waals surface area contributed by atoms with E-state index in [1.807, 2.05) is 6.92 Å². The van der Waals surface area contributed by atoms with E-state index in [9.17, 15) is 9.18 Å². The second-order valence-electron chi connectivity index (χ2n) is 3.92. The van der Waals surface area contributed by atoms with Crippen LogP contribution in [0.3, 0.4) is 0 Å². The normalized spacial score (nSPS) is 12.4. The van der Waals surface area contributed by atoms with Crippen LogP contribution in [-0.2, 0) is 4.79 Å². The first-order chi connectivity index (χ1) is 8.20. The van der Waals surface area contributed by atoms with E-state index in [4.69, 9.17) is 4.52 Å². The smallest absolute Gasteiger partial charge is 0.140 e. The van der Waals surface area contributed by atoms with Crippen LogP contribution in [0.2, 0.25) is 0 Å². The lowest BCUT2D eigenvalue weighted by molar-refractivity contribution is -0.108. The number of carbonyl (C=O) groups excluding carboxylic acids is 1. The van der Waals surface area contributed by atoms with Gasteiger partial charge in [0, 0.05) is 24.0 Å². The molecule has 0 saturated carbocycles. The van der Waals surface area contributed by atoms with Crippen molar-refractivity contribution in [1.82, 2.24) is 5.16 Å². The number of carbonyl (C=O) groups is 1. The second kappa shape index (κ2) is 4.91. The Bertz CT molecular complexity index is 504. The highest BCUT2D eigenvalue weighted by Gasteiger charge is 2.12. The first-order valence-electron chi connectivity index (χ1n) is 5.37. The van der Waals surface area contributed by atoms with Crippen LogP contribution in [0.15, 0.2) is 34.9 Å². The van der Waals surface area contributed by atoms with Crippen LogP contribution in [0.1, 0.15) is 25.0 Å². The molecule has 88 valence electrons. The number of aromatic nitrogens is 1. The highest BCUT2D eigenvalue weighted by molar-refractivity contribution is 5.59. The summed E-state index contributed by atoms with van der Waals surface area (Å²) < 4.78 is 17.9. The lowest BCUT2D eigenvalue weighted by Crippen LogP contribution is -1.91. The average Bonchev–Trinajstić information content (AvgIpc) is 2.80. The fourth-order valence-corrected chi connectivity index (χ4v) is 1.54. The molecule has 17 heavy (non-hydrogen) atoms. The molecule has 0 radical (unpaired) electrons. The predicted molar refractivity (Wildman–Crippen MR) is 61.0 cm³/mol. The number of benzene rings is 1. The summed E-state index contributed by atoms with van der Waals surface area (Å²) in [4.78, 5) is 10.4. The Labute approximate surface area is 98.2 Å². The minimum absolute atomic E-state index is 0.00852. The van der Waals surface area contributed by atoms with Gasteiger partial charge in [0.15, 0.2) is 0 Å². The van der Waals surface area contributed by atoms with E-state index in [1.165, 1.54) is 12.1 Å². The third-order valence-corrected chi connectivity index (χ3v) is 2.60. The second-order valence-corrected chi connectivity index (χ2v) is 3.92. The molecule has 1 atom stereocenters. The number of hydrogen-bond acceptors (Lipinski definition) is 3. The fourth-order valence-electron chi connectivity index (χ4n) is 1.54. The molecule has 0 saturated heterocycles. The van der Waals surface area contributed by atoms with E-state index in [2.05, 4.69) is 5.16 Å². The third-order valence-electron chi connectivity index (χ3n) is 2.60. The maximum atomic E-state index is 12.8. The van der Waals surface area contributed by atoms with Crippen molar-refractivity contribution in [2.45, 2.75) is 19.3 Å². The molecule has 0 bridgehead atoms. The van der Waals surface area contributed by atoms with Crippen LogP contribution < -0.4 is 0 Å². The van der Waals surface area contributed by atoms with Crippen LogP contribution in [-0.4, -0.2) is 11.4 Å². The molecular formula is C13H12FNO2. The standard InChI is InChI=1S/C13H12FNO2/c1-9(6-7-16)13-8-12(15-17-13)10-2-4-11(14)5-3-10/h2-5,7-9H,6H2,1H3. The summed E-state index contributed by atoms with van der Waals surface area (Å²) in [6.07, 6.45) is 1.25. The van der Waals surface area contributed by atoms with Crippen LogP contribution in [0, 0.1) is 5.82 Å². The summed E-state index contributed by atoms with van der Waals surface area (Å²) >= 11 is 0. The van der Waals surface area contributed by atoms with Crippen LogP contribution in [0.4, 0.5) is 4.39 Å². The molecule has 1 unspecified atom stereocenters. The average molecular weight is 233 g/mol. The summed E-state index contributed by atoms with van der Waals surface area (Å²) in [5.41, 5.74) is 1.44. The number of aldehydes is 1.